The summed E-state index contributed by atoms with van der Waals surface area (Å²) in [4.78, 5) is 8.52. The summed E-state index contributed by atoms with van der Waals surface area (Å²) in [5, 5.41) is 8.62. The molecule has 0 amide bonds. The van der Waals surface area contributed by atoms with E-state index in [1.54, 1.807) is 12.3 Å². The highest BCUT2D eigenvalue weighted by Crippen LogP contribution is 2.34. The van der Waals surface area contributed by atoms with Crippen LogP contribution in [0, 0.1) is 18.6 Å². The first-order valence-corrected chi connectivity index (χ1v) is 9.44. The standard InChI is InChI=1S/C22H24F2N4/c1-5-6-8-15-11-18(19-16(23)9-7-10-17(19)24)27-28-21(15)22(3,4)20-14(2)12-25-13-26-20/h7,9-13H,5-6,8H2,1-4H3. The van der Waals surface area contributed by atoms with Gasteiger partial charge in [0.2, 0.25) is 0 Å². The maximum absolute atomic E-state index is 14.2. The molecule has 0 saturated heterocycles. The molecule has 6 heteroatoms. The average Bonchev–Trinajstić information content (AvgIpc) is 2.66. The number of unbranched alkanes of at least 4 members (excludes halogenated alkanes) is 1. The number of halogens is 2. The van der Waals surface area contributed by atoms with Crippen molar-refractivity contribution < 1.29 is 8.78 Å². The monoisotopic (exact) mass is 382 g/mol. The molecule has 2 heterocycles. The molecule has 0 aliphatic rings. The Morgan fingerprint density at radius 1 is 1.04 bits per heavy atom. The quantitative estimate of drug-likeness (QED) is 0.589. The molecule has 0 bridgehead atoms. The van der Waals surface area contributed by atoms with E-state index >= 15 is 0 Å². The van der Waals surface area contributed by atoms with Gasteiger partial charge in [0.15, 0.2) is 0 Å². The minimum atomic E-state index is -0.644. The van der Waals surface area contributed by atoms with E-state index in [2.05, 4.69) is 27.1 Å². The van der Waals surface area contributed by atoms with Gasteiger partial charge >= 0.3 is 0 Å². The van der Waals surface area contributed by atoms with Crippen LogP contribution < -0.4 is 0 Å². The predicted molar refractivity (Wildman–Crippen MR) is 105 cm³/mol. The van der Waals surface area contributed by atoms with Crippen molar-refractivity contribution in [1.82, 2.24) is 20.2 Å². The molecule has 0 fully saturated rings. The van der Waals surface area contributed by atoms with E-state index < -0.39 is 17.0 Å². The Bertz CT molecular complexity index is 966. The van der Waals surface area contributed by atoms with Gasteiger partial charge in [0.05, 0.1) is 28.1 Å². The second-order valence-corrected chi connectivity index (χ2v) is 7.48. The number of hydrogen-bond donors (Lipinski definition) is 0. The molecule has 0 saturated carbocycles. The molecule has 2 aromatic heterocycles. The van der Waals surface area contributed by atoms with Crippen molar-refractivity contribution in [1.29, 1.82) is 0 Å². The molecule has 3 rings (SSSR count). The number of aryl methyl sites for hydroxylation is 2. The van der Waals surface area contributed by atoms with Crippen molar-refractivity contribution in [3.63, 3.8) is 0 Å². The fraction of sp³-hybridized carbons (Fsp3) is 0.364. The van der Waals surface area contributed by atoms with Gasteiger partial charge in [-0.15, -0.1) is 5.10 Å². The molecule has 1 aromatic carbocycles. The maximum Gasteiger partial charge on any atom is 0.135 e. The number of nitrogens with zero attached hydrogens (tertiary/aromatic N) is 4. The van der Waals surface area contributed by atoms with Crippen LogP contribution in [0.4, 0.5) is 8.78 Å². The minimum Gasteiger partial charge on any atom is -0.245 e. The minimum absolute atomic E-state index is 0.143. The van der Waals surface area contributed by atoms with E-state index in [4.69, 9.17) is 0 Å². The second kappa shape index (κ2) is 8.09. The van der Waals surface area contributed by atoms with Crippen LogP contribution in [0.2, 0.25) is 0 Å². The van der Waals surface area contributed by atoms with Crippen LogP contribution in [0.3, 0.4) is 0 Å². The van der Waals surface area contributed by atoms with Gasteiger partial charge < -0.3 is 0 Å². The van der Waals surface area contributed by atoms with Crippen molar-refractivity contribution in [2.75, 3.05) is 0 Å². The van der Waals surface area contributed by atoms with Crippen LogP contribution in [0.15, 0.2) is 36.8 Å². The second-order valence-electron chi connectivity index (χ2n) is 7.48. The Kier molecular flexibility index (Phi) is 5.77. The Hall–Kier alpha value is -2.76. The first-order chi connectivity index (χ1) is 13.4. The van der Waals surface area contributed by atoms with Crippen molar-refractivity contribution in [2.24, 2.45) is 0 Å². The zero-order valence-electron chi connectivity index (χ0n) is 16.6. The van der Waals surface area contributed by atoms with Gasteiger partial charge in [-0.3, -0.25) is 0 Å². The number of aromatic nitrogens is 4. The zero-order chi connectivity index (χ0) is 20.3. The van der Waals surface area contributed by atoms with Crippen molar-refractivity contribution >= 4 is 0 Å². The molecule has 0 unspecified atom stereocenters. The highest BCUT2D eigenvalue weighted by molar-refractivity contribution is 5.61. The molecule has 0 N–H and O–H groups in total. The van der Waals surface area contributed by atoms with Gasteiger partial charge in [0.1, 0.15) is 18.0 Å². The van der Waals surface area contributed by atoms with E-state index in [0.717, 1.165) is 41.8 Å². The molecular weight excluding hydrogens is 358 g/mol. The van der Waals surface area contributed by atoms with E-state index in [-0.39, 0.29) is 11.3 Å². The van der Waals surface area contributed by atoms with Crippen LogP contribution >= 0.6 is 0 Å². The van der Waals surface area contributed by atoms with Gasteiger partial charge in [-0.2, -0.15) is 5.10 Å². The first kappa shape index (κ1) is 20.0. The molecule has 3 aromatic rings. The summed E-state index contributed by atoms with van der Waals surface area (Å²) in [5.74, 6) is -1.29. The van der Waals surface area contributed by atoms with E-state index in [1.807, 2.05) is 20.8 Å². The highest BCUT2D eigenvalue weighted by Gasteiger charge is 2.31. The third-order valence-corrected chi connectivity index (χ3v) is 4.97. The summed E-state index contributed by atoms with van der Waals surface area (Å²) in [5.41, 5.74) is 3.06. The predicted octanol–water partition coefficient (Wildman–Crippen LogP) is 5.19. The lowest BCUT2D eigenvalue weighted by Gasteiger charge is -2.27. The third-order valence-electron chi connectivity index (χ3n) is 4.97. The van der Waals surface area contributed by atoms with Gasteiger partial charge in [0, 0.05) is 6.20 Å². The smallest absolute Gasteiger partial charge is 0.135 e. The molecule has 0 aliphatic carbocycles. The van der Waals surface area contributed by atoms with Crippen LogP contribution in [0.5, 0.6) is 0 Å². The fourth-order valence-corrected chi connectivity index (χ4v) is 3.54. The zero-order valence-corrected chi connectivity index (χ0v) is 16.6. The molecular formula is C22H24F2N4. The molecule has 4 nitrogen and oxygen atoms in total. The molecule has 0 atom stereocenters. The summed E-state index contributed by atoms with van der Waals surface area (Å²) >= 11 is 0. The number of rotatable bonds is 6. The molecule has 0 spiro atoms. The normalized spacial score (nSPS) is 11.6. The maximum atomic E-state index is 14.2. The van der Waals surface area contributed by atoms with Gasteiger partial charge in [-0.05, 0) is 62.9 Å². The highest BCUT2D eigenvalue weighted by atomic mass is 19.1. The van der Waals surface area contributed by atoms with Crippen LogP contribution in [0.25, 0.3) is 11.3 Å². The van der Waals surface area contributed by atoms with E-state index in [9.17, 15) is 8.78 Å². The number of benzene rings is 1. The van der Waals surface area contributed by atoms with E-state index in [0.29, 0.717) is 0 Å². The first-order valence-electron chi connectivity index (χ1n) is 9.44. The summed E-state index contributed by atoms with van der Waals surface area (Å²) < 4.78 is 28.5. The lowest BCUT2D eigenvalue weighted by Crippen LogP contribution is -2.26. The Morgan fingerprint density at radius 2 is 1.75 bits per heavy atom. The van der Waals surface area contributed by atoms with Gasteiger partial charge in [0.25, 0.3) is 0 Å². The largest absolute Gasteiger partial charge is 0.245 e. The molecule has 0 radical (unpaired) electrons. The Balaban J connectivity index is 2.16. The molecule has 146 valence electrons. The van der Waals surface area contributed by atoms with Gasteiger partial charge in [-0.25, -0.2) is 18.7 Å². The summed E-state index contributed by atoms with van der Waals surface area (Å²) in [6.07, 6.45) is 5.98. The fourth-order valence-electron chi connectivity index (χ4n) is 3.54. The molecule has 28 heavy (non-hydrogen) atoms. The van der Waals surface area contributed by atoms with Crippen LogP contribution in [-0.4, -0.2) is 20.2 Å². The summed E-state index contributed by atoms with van der Waals surface area (Å²) in [7, 11) is 0. The van der Waals surface area contributed by atoms with Crippen LogP contribution in [0.1, 0.15) is 56.1 Å². The Labute approximate surface area is 164 Å². The number of hydrogen-bond acceptors (Lipinski definition) is 4. The van der Waals surface area contributed by atoms with Crippen LogP contribution in [-0.2, 0) is 11.8 Å². The summed E-state index contributed by atoms with van der Waals surface area (Å²) in [6.45, 7) is 8.13. The SMILES string of the molecule is CCCCc1cc(-c2c(F)cccc2F)nnc1C(C)(C)c1ncncc1C. The third kappa shape index (κ3) is 3.77. The lowest BCUT2D eigenvalue weighted by atomic mass is 9.80. The van der Waals surface area contributed by atoms with Crippen molar-refractivity contribution in [3.8, 4) is 11.3 Å². The Morgan fingerprint density at radius 3 is 2.39 bits per heavy atom. The van der Waals surface area contributed by atoms with Crippen molar-refractivity contribution in [3.05, 3.63) is 70.9 Å². The lowest BCUT2D eigenvalue weighted by molar-refractivity contribution is 0.563. The van der Waals surface area contributed by atoms with E-state index in [1.165, 1.54) is 24.5 Å². The average molecular weight is 382 g/mol. The summed E-state index contributed by atoms with van der Waals surface area (Å²) in [6, 6.07) is 5.56. The van der Waals surface area contributed by atoms with Gasteiger partial charge in [-0.1, -0.05) is 19.4 Å². The van der Waals surface area contributed by atoms with Crippen molar-refractivity contribution in [2.45, 2.75) is 52.4 Å². The topological polar surface area (TPSA) is 51.6 Å². The molecule has 0 aliphatic heterocycles.